The van der Waals surface area contributed by atoms with E-state index in [1.54, 1.807) is 31.3 Å². The van der Waals surface area contributed by atoms with Crippen molar-refractivity contribution in [2.24, 2.45) is 4.99 Å². The molecule has 1 saturated heterocycles. The molecule has 30 heavy (non-hydrogen) atoms. The van der Waals surface area contributed by atoms with Gasteiger partial charge in [-0.1, -0.05) is 18.6 Å². The zero-order valence-electron chi connectivity index (χ0n) is 17.8. The highest BCUT2D eigenvalue weighted by molar-refractivity contribution is 14.0. The van der Waals surface area contributed by atoms with Gasteiger partial charge >= 0.3 is 6.18 Å². The van der Waals surface area contributed by atoms with Gasteiger partial charge in [-0.2, -0.15) is 13.2 Å². The van der Waals surface area contributed by atoms with Gasteiger partial charge in [-0.25, -0.2) is 0 Å². The van der Waals surface area contributed by atoms with Crippen LogP contribution in [-0.2, 0) is 6.54 Å². The average Bonchev–Trinajstić information content (AvgIpc) is 2.70. The molecule has 0 saturated carbocycles. The van der Waals surface area contributed by atoms with E-state index in [0.29, 0.717) is 18.5 Å². The van der Waals surface area contributed by atoms with Crippen LogP contribution >= 0.6 is 24.0 Å². The molecule has 0 aliphatic carbocycles. The fraction of sp³-hybridized carbons (Fsp3) is 0.667. The van der Waals surface area contributed by atoms with E-state index in [0.717, 1.165) is 31.5 Å². The first-order valence-corrected chi connectivity index (χ1v) is 10.3. The van der Waals surface area contributed by atoms with E-state index in [9.17, 15) is 13.2 Å². The third-order valence-corrected chi connectivity index (χ3v) is 5.11. The maximum Gasteiger partial charge on any atom is 0.422 e. The smallest absolute Gasteiger partial charge is 0.422 e. The van der Waals surface area contributed by atoms with Crippen LogP contribution in [0.3, 0.4) is 0 Å². The van der Waals surface area contributed by atoms with Crippen LogP contribution < -0.4 is 15.4 Å². The van der Waals surface area contributed by atoms with Gasteiger partial charge in [0, 0.05) is 26.2 Å². The number of nitrogens with zero attached hydrogens (tertiary/aromatic N) is 2. The molecule has 0 amide bonds. The van der Waals surface area contributed by atoms with E-state index in [4.69, 9.17) is 4.74 Å². The molecule has 1 heterocycles. The number of ether oxygens (including phenoxy) is 1. The van der Waals surface area contributed by atoms with E-state index in [2.05, 4.69) is 27.4 Å². The Kier molecular flexibility index (Phi) is 12.5. The zero-order valence-corrected chi connectivity index (χ0v) is 20.1. The number of guanidine groups is 1. The molecule has 1 aliphatic rings. The fourth-order valence-electron chi connectivity index (χ4n) is 3.41. The summed E-state index contributed by atoms with van der Waals surface area (Å²) in [6, 6.07) is 7.27. The molecular weight excluding hydrogens is 508 g/mol. The third-order valence-electron chi connectivity index (χ3n) is 5.11. The van der Waals surface area contributed by atoms with Crippen LogP contribution in [0.1, 0.15) is 44.6 Å². The Bertz CT molecular complexity index is 626. The van der Waals surface area contributed by atoms with Gasteiger partial charge in [-0.15, -0.1) is 24.0 Å². The van der Waals surface area contributed by atoms with Gasteiger partial charge in [0.1, 0.15) is 5.75 Å². The quantitative estimate of drug-likeness (QED) is 0.208. The average molecular weight is 542 g/mol. The summed E-state index contributed by atoms with van der Waals surface area (Å²) in [6.07, 6.45) is 1.89. The van der Waals surface area contributed by atoms with E-state index in [1.807, 2.05) is 0 Å². The first-order valence-electron chi connectivity index (χ1n) is 10.3. The van der Waals surface area contributed by atoms with Gasteiger partial charge in [0.05, 0.1) is 0 Å². The molecule has 1 unspecified atom stereocenters. The molecule has 9 heteroatoms. The molecule has 0 radical (unpaired) electrons. The Morgan fingerprint density at radius 1 is 1.17 bits per heavy atom. The maximum absolute atomic E-state index is 12.2. The highest BCUT2D eigenvalue weighted by Crippen LogP contribution is 2.19. The van der Waals surface area contributed by atoms with E-state index >= 15 is 0 Å². The Hall–Kier alpha value is -1.23. The number of likely N-dealkylation sites (tertiary alicyclic amines) is 1. The van der Waals surface area contributed by atoms with Crippen molar-refractivity contribution in [3.05, 3.63) is 29.8 Å². The van der Waals surface area contributed by atoms with Gasteiger partial charge in [-0.05, 0) is 63.4 Å². The van der Waals surface area contributed by atoms with E-state index < -0.39 is 12.8 Å². The molecule has 1 aromatic rings. The lowest BCUT2D eigenvalue weighted by Gasteiger charge is -2.33. The summed E-state index contributed by atoms with van der Waals surface area (Å²) in [5.41, 5.74) is 0.936. The lowest BCUT2D eigenvalue weighted by atomic mass is 10.0. The highest BCUT2D eigenvalue weighted by atomic mass is 127. The number of benzene rings is 1. The molecule has 0 spiro atoms. The Morgan fingerprint density at radius 3 is 2.53 bits per heavy atom. The molecule has 1 aliphatic heterocycles. The van der Waals surface area contributed by atoms with Gasteiger partial charge in [-0.3, -0.25) is 4.99 Å². The predicted molar refractivity (Wildman–Crippen MR) is 126 cm³/mol. The number of hydrogen-bond acceptors (Lipinski definition) is 3. The number of piperidine rings is 1. The molecule has 1 fully saturated rings. The van der Waals surface area contributed by atoms with Crippen LogP contribution in [0, 0.1) is 0 Å². The second-order valence-electron chi connectivity index (χ2n) is 7.49. The van der Waals surface area contributed by atoms with Crippen molar-refractivity contribution in [2.45, 2.75) is 57.8 Å². The lowest BCUT2D eigenvalue weighted by molar-refractivity contribution is -0.153. The first kappa shape index (κ1) is 26.8. The van der Waals surface area contributed by atoms with Gasteiger partial charge in [0.15, 0.2) is 12.6 Å². The second kappa shape index (κ2) is 14.0. The number of unbranched alkanes of at least 4 members (excludes halogenated alkanes) is 1. The molecule has 2 N–H and O–H groups in total. The van der Waals surface area contributed by atoms with Gasteiger partial charge in [0.25, 0.3) is 0 Å². The summed E-state index contributed by atoms with van der Waals surface area (Å²) < 4.78 is 41.2. The molecular formula is C21H34F3IN4O. The number of aliphatic imine (C=N–C) groups is 1. The van der Waals surface area contributed by atoms with Crippen LogP contribution in [0.2, 0.25) is 0 Å². The monoisotopic (exact) mass is 542 g/mol. The van der Waals surface area contributed by atoms with Crippen LogP contribution in [0.15, 0.2) is 29.3 Å². The largest absolute Gasteiger partial charge is 0.484 e. The first-order chi connectivity index (χ1) is 13.9. The molecule has 0 bridgehead atoms. The standard InChI is InChI=1S/C21H33F3N4O.HI/c1-17-7-3-5-13-28(17)14-6-4-12-26-20(25-2)27-15-18-8-10-19(11-9-18)29-16-21(22,23)24;/h8-11,17H,3-7,12-16H2,1-2H3,(H2,25,26,27);1H. The van der Waals surface area contributed by atoms with Crippen molar-refractivity contribution < 1.29 is 17.9 Å². The minimum atomic E-state index is -4.33. The molecule has 0 aromatic heterocycles. The Balaban J connectivity index is 0.00000450. The minimum absolute atomic E-state index is 0. The van der Waals surface area contributed by atoms with Crippen molar-refractivity contribution in [1.82, 2.24) is 15.5 Å². The van der Waals surface area contributed by atoms with Crippen molar-refractivity contribution in [3.8, 4) is 5.75 Å². The Morgan fingerprint density at radius 2 is 1.90 bits per heavy atom. The number of rotatable bonds is 9. The number of alkyl halides is 3. The highest BCUT2D eigenvalue weighted by Gasteiger charge is 2.28. The molecule has 2 rings (SSSR count). The molecule has 5 nitrogen and oxygen atoms in total. The third kappa shape index (κ3) is 10.7. The zero-order chi connectivity index (χ0) is 21.1. The number of hydrogen-bond donors (Lipinski definition) is 2. The molecule has 1 aromatic carbocycles. The normalized spacial score (nSPS) is 17.9. The van der Waals surface area contributed by atoms with Gasteiger partial charge < -0.3 is 20.3 Å². The fourth-order valence-corrected chi connectivity index (χ4v) is 3.41. The van der Waals surface area contributed by atoms with E-state index in [-0.39, 0.29) is 29.7 Å². The summed E-state index contributed by atoms with van der Waals surface area (Å²) in [4.78, 5) is 6.79. The summed E-state index contributed by atoms with van der Waals surface area (Å²) >= 11 is 0. The summed E-state index contributed by atoms with van der Waals surface area (Å²) in [5, 5.41) is 6.52. The minimum Gasteiger partial charge on any atom is -0.484 e. The Labute approximate surface area is 194 Å². The van der Waals surface area contributed by atoms with Gasteiger partial charge in [0.2, 0.25) is 0 Å². The predicted octanol–water partition coefficient (Wildman–Crippen LogP) is 4.57. The topological polar surface area (TPSA) is 48.9 Å². The number of halogens is 4. The SMILES string of the molecule is CN=C(NCCCCN1CCCCC1C)NCc1ccc(OCC(F)(F)F)cc1.I. The van der Waals surface area contributed by atoms with Crippen LogP contribution in [0.25, 0.3) is 0 Å². The summed E-state index contributed by atoms with van der Waals surface area (Å²) in [6.45, 7) is 4.79. The maximum atomic E-state index is 12.2. The van der Waals surface area contributed by atoms with Crippen LogP contribution in [0.4, 0.5) is 13.2 Å². The number of nitrogens with one attached hydrogen (secondary N) is 2. The van der Waals surface area contributed by atoms with Crippen molar-refractivity contribution in [2.75, 3.05) is 33.3 Å². The molecule has 172 valence electrons. The van der Waals surface area contributed by atoms with Crippen molar-refractivity contribution in [1.29, 1.82) is 0 Å². The summed E-state index contributed by atoms with van der Waals surface area (Å²) in [5.74, 6) is 0.922. The van der Waals surface area contributed by atoms with Crippen molar-refractivity contribution >= 4 is 29.9 Å². The second-order valence-corrected chi connectivity index (χ2v) is 7.49. The lowest BCUT2D eigenvalue weighted by Crippen LogP contribution is -2.39. The van der Waals surface area contributed by atoms with Crippen molar-refractivity contribution in [3.63, 3.8) is 0 Å². The van der Waals surface area contributed by atoms with Crippen LogP contribution in [-0.4, -0.2) is 56.4 Å². The molecule has 1 atom stereocenters. The summed E-state index contributed by atoms with van der Waals surface area (Å²) in [7, 11) is 1.72. The van der Waals surface area contributed by atoms with Crippen LogP contribution in [0.5, 0.6) is 5.75 Å². The van der Waals surface area contributed by atoms with E-state index in [1.165, 1.54) is 25.8 Å².